The van der Waals surface area contributed by atoms with Gasteiger partial charge in [-0.15, -0.1) is 0 Å². The molecule has 0 aliphatic heterocycles. The van der Waals surface area contributed by atoms with Gasteiger partial charge in [-0.2, -0.15) is 0 Å². The van der Waals surface area contributed by atoms with Crippen LogP contribution in [0.5, 0.6) is 5.75 Å². The Kier molecular flexibility index (Phi) is 3.34. The van der Waals surface area contributed by atoms with Crippen molar-refractivity contribution in [3.63, 3.8) is 0 Å². The van der Waals surface area contributed by atoms with Gasteiger partial charge in [0.05, 0.1) is 13.4 Å². The van der Waals surface area contributed by atoms with Gasteiger partial charge in [0.15, 0.2) is 5.82 Å². The minimum absolute atomic E-state index is 0.177. The van der Waals surface area contributed by atoms with Crippen molar-refractivity contribution >= 4 is 5.82 Å². The first-order chi connectivity index (χ1) is 8.31. The van der Waals surface area contributed by atoms with Gasteiger partial charge < -0.3 is 15.0 Å². The summed E-state index contributed by atoms with van der Waals surface area (Å²) in [7, 11) is 1.43. The molecular formula is C11H12N4O2. The van der Waals surface area contributed by atoms with Crippen molar-refractivity contribution in [3.8, 4) is 5.75 Å². The highest BCUT2D eigenvalue weighted by atomic mass is 16.5. The Labute approximate surface area is 97.7 Å². The topological polar surface area (TPSA) is 79.9 Å². The molecule has 2 rings (SSSR count). The molecular weight excluding hydrogens is 220 g/mol. The van der Waals surface area contributed by atoms with Crippen LogP contribution in [0.1, 0.15) is 5.56 Å². The third kappa shape index (κ3) is 2.60. The van der Waals surface area contributed by atoms with Crippen molar-refractivity contribution in [1.82, 2.24) is 15.0 Å². The van der Waals surface area contributed by atoms with Gasteiger partial charge in [-0.3, -0.25) is 9.78 Å². The molecule has 6 nitrogen and oxygen atoms in total. The summed E-state index contributed by atoms with van der Waals surface area (Å²) in [6.07, 6.45) is 4.78. The van der Waals surface area contributed by atoms with E-state index in [1.807, 2.05) is 12.1 Å². The summed E-state index contributed by atoms with van der Waals surface area (Å²) in [5, 5.41) is 3.03. The van der Waals surface area contributed by atoms with E-state index in [1.54, 1.807) is 12.4 Å². The lowest BCUT2D eigenvalue weighted by Crippen LogP contribution is -2.14. The van der Waals surface area contributed by atoms with Crippen LogP contribution in [0.15, 0.2) is 35.6 Å². The van der Waals surface area contributed by atoms with Gasteiger partial charge in [0, 0.05) is 18.9 Å². The van der Waals surface area contributed by atoms with E-state index < -0.39 is 0 Å². The van der Waals surface area contributed by atoms with Crippen LogP contribution in [0.4, 0.5) is 5.82 Å². The predicted molar refractivity (Wildman–Crippen MR) is 63.0 cm³/mol. The van der Waals surface area contributed by atoms with Crippen molar-refractivity contribution in [3.05, 3.63) is 46.8 Å². The Morgan fingerprint density at radius 1 is 1.53 bits per heavy atom. The monoisotopic (exact) mass is 232 g/mol. The van der Waals surface area contributed by atoms with Crippen LogP contribution < -0.4 is 15.6 Å². The van der Waals surface area contributed by atoms with E-state index in [-0.39, 0.29) is 11.3 Å². The number of nitrogens with zero attached hydrogens (tertiary/aromatic N) is 2. The number of rotatable bonds is 4. The van der Waals surface area contributed by atoms with E-state index in [0.29, 0.717) is 12.4 Å². The Morgan fingerprint density at radius 2 is 2.41 bits per heavy atom. The number of hydrogen-bond acceptors (Lipinski definition) is 5. The van der Waals surface area contributed by atoms with Crippen LogP contribution in [0.25, 0.3) is 0 Å². The van der Waals surface area contributed by atoms with Gasteiger partial charge >= 0.3 is 0 Å². The van der Waals surface area contributed by atoms with E-state index in [9.17, 15) is 4.79 Å². The molecule has 17 heavy (non-hydrogen) atoms. The average Bonchev–Trinajstić information content (AvgIpc) is 2.37. The normalized spacial score (nSPS) is 9.94. The number of anilines is 1. The molecule has 0 fully saturated rings. The maximum Gasteiger partial charge on any atom is 0.295 e. The molecule has 0 unspecified atom stereocenters. The fourth-order valence-corrected chi connectivity index (χ4v) is 1.39. The molecule has 0 saturated heterocycles. The van der Waals surface area contributed by atoms with Crippen molar-refractivity contribution in [2.24, 2.45) is 0 Å². The second kappa shape index (κ2) is 5.11. The van der Waals surface area contributed by atoms with Gasteiger partial charge in [-0.25, -0.2) is 4.98 Å². The lowest BCUT2D eigenvalue weighted by molar-refractivity contribution is 0.408. The summed E-state index contributed by atoms with van der Waals surface area (Å²) < 4.78 is 4.98. The Balaban J connectivity index is 2.14. The SMILES string of the molecule is COc1c(NCc2cccnc2)nc[nH]c1=O. The quantitative estimate of drug-likeness (QED) is 0.814. The van der Waals surface area contributed by atoms with Crippen LogP contribution in [-0.2, 0) is 6.54 Å². The number of hydrogen-bond donors (Lipinski definition) is 2. The highest BCUT2D eigenvalue weighted by molar-refractivity contribution is 5.48. The Morgan fingerprint density at radius 3 is 3.12 bits per heavy atom. The summed E-state index contributed by atoms with van der Waals surface area (Å²) in [5.41, 5.74) is 0.688. The maximum atomic E-state index is 11.4. The van der Waals surface area contributed by atoms with Crippen molar-refractivity contribution in [2.45, 2.75) is 6.54 Å². The molecule has 0 amide bonds. The first-order valence-corrected chi connectivity index (χ1v) is 5.05. The zero-order valence-corrected chi connectivity index (χ0v) is 9.30. The fraction of sp³-hybridized carbons (Fsp3) is 0.182. The summed E-state index contributed by atoms with van der Waals surface area (Å²) in [4.78, 5) is 21.9. The van der Waals surface area contributed by atoms with Gasteiger partial charge in [-0.1, -0.05) is 6.07 Å². The zero-order valence-electron chi connectivity index (χ0n) is 9.30. The molecule has 0 atom stereocenters. The Hall–Kier alpha value is -2.37. The van der Waals surface area contributed by atoms with E-state index in [4.69, 9.17) is 4.74 Å². The van der Waals surface area contributed by atoms with E-state index >= 15 is 0 Å². The summed E-state index contributed by atoms with van der Waals surface area (Å²) in [5.74, 6) is 0.594. The fourth-order valence-electron chi connectivity index (χ4n) is 1.39. The Bertz CT molecular complexity index is 539. The first kappa shape index (κ1) is 11.1. The third-order valence-electron chi connectivity index (χ3n) is 2.20. The highest BCUT2D eigenvalue weighted by Crippen LogP contribution is 2.15. The molecule has 2 N–H and O–H groups in total. The molecule has 0 spiro atoms. The summed E-state index contributed by atoms with van der Waals surface area (Å²) >= 11 is 0. The number of aromatic amines is 1. The second-order valence-electron chi connectivity index (χ2n) is 3.33. The number of ether oxygens (including phenoxy) is 1. The van der Waals surface area contributed by atoms with Crippen molar-refractivity contribution < 1.29 is 4.74 Å². The standard InChI is InChI=1S/C11H12N4O2/c1-17-9-10(14-7-15-11(9)16)13-6-8-3-2-4-12-5-8/h2-5,7H,6H2,1H3,(H2,13,14,15,16). The number of aromatic nitrogens is 3. The van der Waals surface area contributed by atoms with Crippen molar-refractivity contribution in [2.75, 3.05) is 12.4 Å². The van der Waals surface area contributed by atoms with E-state index in [0.717, 1.165) is 5.56 Å². The van der Waals surface area contributed by atoms with Gasteiger partial charge in [0.2, 0.25) is 5.75 Å². The van der Waals surface area contributed by atoms with Crippen LogP contribution in [0, 0.1) is 0 Å². The number of methoxy groups -OCH3 is 1. The molecule has 0 aromatic carbocycles. The van der Waals surface area contributed by atoms with Gasteiger partial charge in [-0.05, 0) is 11.6 Å². The maximum absolute atomic E-state index is 11.4. The van der Waals surface area contributed by atoms with Crippen LogP contribution >= 0.6 is 0 Å². The number of H-pyrrole nitrogens is 1. The van der Waals surface area contributed by atoms with E-state index in [2.05, 4.69) is 20.3 Å². The van der Waals surface area contributed by atoms with Crippen molar-refractivity contribution in [1.29, 1.82) is 0 Å². The third-order valence-corrected chi connectivity index (χ3v) is 2.20. The number of pyridine rings is 1. The minimum Gasteiger partial charge on any atom is -0.489 e. The highest BCUT2D eigenvalue weighted by Gasteiger charge is 2.07. The summed E-state index contributed by atoms with van der Waals surface area (Å²) in [6, 6.07) is 3.78. The van der Waals surface area contributed by atoms with Crippen LogP contribution in [-0.4, -0.2) is 22.1 Å². The van der Waals surface area contributed by atoms with Crippen LogP contribution in [0.2, 0.25) is 0 Å². The number of nitrogens with one attached hydrogen (secondary N) is 2. The zero-order chi connectivity index (χ0) is 12.1. The molecule has 0 aliphatic rings. The molecule has 88 valence electrons. The molecule has 0 radical (unpaired) electrons. The molecule has 2 heterocycles. The molecule has 2 aromatic heterocycles. The summed E-state index contributed by atoms with van der Waals surface area (Å²) in [6.45, 7) is 0.528. The largest absolute Gasteiger partial charge is 0.489 e. The minimum atomic E-state index is -0.309. The molecule has 0 bridgehead atoms. The second-order valence-corrected chi connectivity index (χ2v) is 3.33. The van der Waals surface area contributed by atoms with Crippen LogP contribution in [0.3, 0.4) is 0 Å². The molecule has 2 aromatic rings. The van der Waals surface area contributed by atoms with Gasteiger partial charge in [0.25, 0.3) is 5.56 Å². The average molecular weight is 232 g/mol. The lowest BCUT2D eigenvalue weighted by atomic mass is 10.3. The molecule has 0 aliphatic carbocycles. The molecule has 6 heteroatoms. The lowest BCUT2D eigenvalue weighted by Gasteiger charge is -2.08. The smallest absolute Gasteiger partial charge is 0.295 e. The van der Waals surface area contributed by atoms with Gasteiger partial charge in [0.1, 0.15) is 0 Å². The molecule has 0 saturated carbocycles. The first-order valence-electron chi connectivity index (χ1n) is 5.05. The van der Waals surface area contributed by atoms with E-state index in [1.165, 1.54) is 13.4 Å². The predicted octanol–water partition coefficient (Wildman–Crippen LogP) is 0.786.